The summed E-state index contributed by atoms with van der Waals surface area (Å²) in [5.74, 6) is 0.217. The van der Waals surface area contributed by atoms with E-state index in [1.165, 1.54) is 27.0 Å². The molecule has 1 saturated carbocycles. The van der Waals surface area contributed by atoms with Crippen molar-refractivity contribution in [2.45, 2.75) is 44.6 Å². The van der Waals surface area contributed by atoms with Crippen molar-refractivity contribution in [1.29, 1.82) is 0 Å². The molecule has 134 valence electrons. The molecule has 1 aromatic carbocycles. The van der Waals surface area contributed by atoms with Gasteiger partial charge in [-0.25, -0.2) is 8.42 Å². The van der Waals surface area contributed by atoms with Gasteiger partial charge < -0.3 is 10.1 Å². The van der Waals surface area contributed by atoms with Crippen LogP contribution in [0.1, 0.15) is 48.9 Å². The van der Waals surface area contributed by atoms with Crippen LogP contribution in [0.3, 0.4) is 0 Å². The molecule has 7 heteroatoms. The fourth-order valence-electron chi connectivity index (χ4n) is 2.95. The summed E-state index contributed by atoms with van der Waals surface area (Å²) >= 11 is 0. The summed E-state index contributed by atoms with van der Waals surface area (Å²) in [6, 6.07) is 4.98. The molecule has 0 bridgehead atoms. The van der Waals surface area contributed by atoms with Crippen molar-refractivity contribution in [3.05, 3.63) is 23.8 Å². The molecule has 1 fully saturated rings. The lowest BCUT2D eigenvalue weighted by Gasteiger charge is -2.20. The monoisotopic (exact) mass is 354 g/mol. The molecule has 24 heavy (non-hydrogen) atoms. The van der Waals surface area contributed by atoms with E-state index in [1.807, 2.05) is 0 Å². The molecule has 0 radical (unpaired) electrons. The van der Waals surface area contributed by atoms with Crippen molar-refractivity contribution in [3.8, 4) is 5.75 Å². The Labute approximate surface area is 144 Å². The van der Waals surface area contributed by atoms with E-state index in [4.69, 9.17) is 4.74 Å². The average molecular weight is 354 g/mol. The van der Waals surface area contributed by atoms with E-state index in [9.17, 15) is 13.2 Å². The van der Waals surface area contributed by atoms with Crippen LogP contribution >= 0.6 is 0 Å². The van der Waals surface area contributed by atoms with Crippen LogP contribution in [-0.2, 0) is 10.0 Å². The molecule has 0 spiro atoms. The van der Waals surface area contributed by atoms with Gasteiger partial charge in [-0.05, 0) is 31.0 Å². The first-order valence-electron chi connectivity index (χ1n) is 8.25. The Morgan fingerprint density at radius 3 is 2.38 bits per heavy atom. The number of methoxy groups -OCH3 is 1. The van der Waals surface area contributed by atoms with Crippen LogP contribution in [0.15, 0.2) is 18.2 Å². The molecule has 2 rings (SSSR count). The Morgan fingerprint density at radius 1 is 1.21 bits per heavy atom. The van der Waals surface area contributed by atoms with E-state index in [2.05, 4.69) is 5.32 Å². The summed E-state index contributed by atoms with van der Waals surface area (Å²) in [5.41, 5.74) is 0.791. The van der Waals surface area contributed by atoms with E-state index in [-0.39, 0.29) is 11.9 Å². The number of rotatable bonds is 5. The number of anilines is 1. The minimum atomic E-state index is -3.39. The lowest BCUT2D eigenvalue weighted by atomic mass is 10.1. The maximum Gasteiger partial charge on any atom is 0.255 e. The lowest BCUT2D eigenvalue weighted by molar-refractivity contribution is 0.0930. The summed E-state index contributed by atoms with van der Waals surface area (Å²) < 4.78 is 29.9. The van der Waals surface area contributed by atoms with Crippen LogP contribution in [0, 0.1) is 0 Å². The van der Waals surface area contributed by atoms with E-state index in [0.717, 1.165) is 36.2 Å². The maximum atomic E-state index is 12.7. The molecule has 0 saturated heterocycles. The third-order valence-corrected chi connectivity index (χ3v) is 5.68. The number of benzene rings is 1. The highest BCUT2D eigenvalue weighted by molar-refractivity contribution is 7.92. The molecule has 0 heterocycles. The van der Waals surface area contributed by atoms with E-state index in [0.29, 0.717) is 17.0 Å². The fraction of sp³-hybridized carbons (Fsp3) is 0.588. The Balaban J connectivity index is 2.24. The second-order valence-electron chi connectivity index (χ2n) is 6.28. The number of sulfonamides is 1. The molecule has 1 aliphatic carbocycles. The van der Waals surface area contributed by atoms with Crippen molar-refractivity contribution in [1.82, 2.24) is 5.32 Å². The zero-order chi connectivity index (χ0) is 17.7. The first-order valence-corrected chi connectivity index (χ1v) is 10.1. The fourth-order valence-corrected chi connectivity index (χ4v) is 3.44. The van der Waals surface area contributed by atoms with Crippen molar-refractivity contribution < 1.29 is 17.9 Å². The molecule has 1 aliphatic rings. The molecule has 0 aliphatic heterocycles. The summed E-state index contributed by atoms with van der Waals surface area (Å²) in [5, 5.41) is 3.07. The summed E-state index contributed by atoms with van der Waals surface area (Å²) in [6.07, 6.45) is 7.77. The number of hydrogen-bond acceptors (Lipinski definition) is 4. The third-order valence-electron chi connectivity index (χ3n) is 4.48. The average Bonchev–Trinajstić information content (AvgIpc) is 2.81. The minimum absolute atomic E-state index is 0.168. The highest BCUT2D eigenvalue weighted by Gasteiger charge is 2.21. The summed E-state index contributed by atoms with van der Waals surface area (Å²) in [6.45, 7) is 0. The Morgan fingerprint density at radius 2 is 1.83 bits per heavy atom. The first-order chi connectivity index (χ1) is 11.3. The van der Waals surface area contributed by atoms with Crippen LogP contribution in [0.25, 0.3) is 0 Å². The van der Waals surface area contributed by atoms with Crippen LogP contribution in [0.2, 0.25) is 0 Å². The maximum absolute atomic E-state index is 12.7. The number of carbonyl (C=O) groups excluding carboxylic acids is 1. The second kappa shape index (κ2) is 7.88. The first kappa shape index (κ1) is 18.6. The predicted molar refractivity (Wildman–Crippen MR) is 95.2 cm³/mol. The SMILES string of the molecule is COc1ccc(N(C)S(C)(=O)=O)cc1C(=O)NC1CCCCCC1. The number of ether oxygens (including phenoxy) is 1. The topological polar surface area (TPSA) is 75.7 Å². The lowest BCUT2D eigenvalue weighted by Crippen LogP contribution is -2.34. The number of hydrogen-bond donors (Lipinski definition) is 1. The number of amides is 1. The van der Waals surface area contributed by atoms with Crippen LogP contribution in [0.5, 0.6) is 5.75 Å². The number of nitrogens with zero attached hydrogens (tertiary/aromatic N) is 1. The van der Waals surface area contributed by atoms with Gasteiger partial charge in [0, 0.05) is 13.1 Å². The molecule has 0 unspecified atom stereocenters. The Hall–Kier alpha value is -1.76. The van der Waals surface area contributed by atoms with Crippen molar-refractivity contribution in [2.24, 2.45) is 0 Å². The standard InChI is InChI=1S/C17H26N2O4S/c1-19(24(3,21)22)14-10-11-16(23-2)15(12-14)17(20)18-13-8-6-4-5-7-9-13/h10-13H,4-9H2,1-3H3,(H,18,20). The van der Waals surface area contributed by atoms with Crippen molar-refractivity contribution in [3.63, 3.8) is 0 Å². The highest BCUT2D eigenvalue weighted by atomic mass is 32.2. The zero-order valence-electron chi connectivity index (χ0n) is 14.5. The van der Waals surface area contributed by atoms with Gasteiger partial charge in [0.2, 0.25) is 10.0 Å². The van der Waals surface area contributed by atoms with Gasteiger partial charge in [0.25, 0.3) is 5.91 Å². The largest absolute Gasteiger partial charge is 0.496 e. The number of carbonyl (C=O) groups is 1. The van der Waals surface area contributed by atoms with Gasteiger partial charge in [0.1, 0.15) is 5.75 Å². The zero-order valence-corrected chi connectivity index (χ0v) is 15.4. The molecule has 1 aromatic rings. The molecule has 1 amide bonds. The van der Waals surface area contributed by atoms with Gasteiger partial charge in [-0.2, -0.15) is 0 Å². The van der Waals surface area contributed by atoms with E-state index in [1.54, 1.807) is 18.2 Å². The molecule has 6 nitrogen and oxygen atoms in total. The predicted octanol–water partition coefficient (Wildman–Crippen LogP) is 2.54. The van der Waals surface area contributed by atoms with Crippen molar-refractivity contribution in [2.75, 3.05) is 24.7 Å². The van der Waals surface area contributed by atoms with Crippen molar-refractivity contribution >= 4 is 21.6 Å². The minimum Gasteiger partial charge on any atom is -0.496 e. The summed E-state index contributed by atoms with van der Waals surface area (Å²) in [7, 11) is -0.429. The van der Waals surface area contributed by atoms with E-state index < -0.39 is 10.0 Å². The Kier molecular flexibility index (Phi) is 6.10. The van der Waals surface area contributed by atoms with E-state index >= 15 is 0 Å². The smallest absolute Gasteiger partial charge is 0.255 e. The molecular weight excluding hydrogens is 328 g/mol. The van der Waals surface area contributed by atoms with Gasteiger partial charge in [0.05, 0.1) is 24.6 Å². The van der Waals surface area contributed by atoms with Gasteiger partial charge >= 0.3 is 0 Å². The highest BCUT2D eigenvalue weighted by Crippen LogP contribution is 2.26. The summed E-state index contributed by atoms with van der Waals surface area (Å²) in [4.78, 5) is 12.7. The normalized spacial score (nSPS) is 16.3. The molecule has 0 aromatic heterocycles. The molecule has 1 N–H and O–H groups in total. The van der Waals surface area contributed by atoms with Crippen LogP contribution < -0.4 is 14.4 Å². The Bertz CT molecular complexity index is 680. The van der Waals surface area contributed by atoms with Crippen LogP contribution in [0.4, 0.5) is 5.69 Å². The second-order valence-corrected chi connectivity index (χ2v) is 8.29. The van der Waals surface area contributed by atoms with Crippen LogP contribution in [-0.4, -0.2) is 40.8 Å². The quantitative estimate of drug-likeness (QED) is 0.825. The molecular formula is C17H26N2O4S. The van der Waals surface area contributed by atoms with Gasteiger partial charge in [0.15, 0.2) is 0 Å². The molecule has 0 atom stereocenters. The van der Waals surface area contributed by atoms with Gasteiger partial charge in [-0.3, -0.25) is 9.10 Å². The third kappa shape index (κ3) is 4.63. The van der Waals surface area contributed by atoms with Gasteiger partial charge in [-0.15, -0.1) is 0 Å². The van der Waals surface area contributed by atoms with Gasteiger partial charge in [-0.1, -0.05) is 25.7 Å². The number of nitrogens with one attached hydrogen (secondary N) is 1.